The maximum absolute atomic E-state index is 13.7. The third-order valence-electron chi connectivity index (χ3n) is 12.0. The summed E-state index contributed by atoms with van der Waals surface area (Å²) in [5, 5.41) is 5.34. The van der Waals surface area contributed by atoms with E-state index in [-0.39, 0.29) is 35.9 Å². The second-order valence-corrected chi connectivity index (χ2v) is 15.9. The molecule has 302 valence electrons. The molecule has 2 aliphatic carbocycles. The van der Waals surface area contributed by atoms with Crippen molar-refractivity contribution in [2.45, 2.75) is 103 Å². The summed E-state index contributed by atoms with van der Waals surface area (Å²) >= 11 is 0. The van der Waals surface area contributed by atoms with Crippen molar-refractivity contribution in [1.29, 1.82) is 0 Å². The van der Waals surface area contributed by atoms with Gasteiger partial charge in [-0.25, -0.2) is 19.6 Å². The van der Waals surface area contributed by atoms with E-state index < -0.39 is 24.3 Å². The van der Waals surface area contributed by atoms with E-state index in [1.807, 2.05) is 45.0 Å². The molecule has 0 radical (unpaired) electrons. The number of carbonyl (C=O) groups is 4. The Balaban J connectivity index is 1.07. The van der Waals surface area contributed by atoms with Gasteiger partial charge in [-0.3, -0.25) is 9.59 Å². The van der Waals surface area contributed by atoms with Gasteiger partial charge in [0.25, 0.3) is 0 Å². The summed E-state index contributed by atoms with van der Waals surface area (Å²) in [6.45, 7) is 9.99. The smallest absolute Gasteiger partial charge is 0.407 e. The van der Waals surface area contributed by atoms with Crippen molar-refractivity contribution in [3.63, 3.8) is 0 Å². The first-order valence-electron chi connectivity index (χ1n) is 20.1. The van der Waals surface area contributed by atoms with Crippen molar-refractivity contribution >= 4 is 24.0 Å². The largest absolute Gasteiger partial charge is 0.453 e. The van der Waals surface area contributed by atoms with E-state index in [1.165, 1.54) is 36.5 Å². The molecule has 14 nitrogen and oxygen atoms in total. The van der Waals surface area contributed by atoms with Crippen LogP contribution in [0.25, 0.3) is 33.6 Å². The molecule has 3 aliphatic rings. The maximum atomic E-state index is 13.7. The number of H-pyrrole nitrogens is 2. The van der Waals surface area contributed by atoms with Gasteiger partial charge in [-0.1, -0.05) is 45.0 Å². The zero-order valence-electron chi connectivity index (χ0n) is 33.8. The highest BCUT2D eigenvalue weighted by atomic mass is 16.5. The van der Waals surface area contributed by atoms with Gasteiger partial charge in [0.1, 0.15) is 23.7 Å². The van der Waals surface area contributed by atoms with Crippen molar-refractivity contribution in [1.82, 2.24) is 40.4 Å². The monoisotopic (exact) mass is 778 g/mol. The Hall–Kier alpha value is -5.66. The number of piperidine rings is 1. The highest BCUT2D eigenvalue weighted by Crippen LogP contribution is 2.50. The van der Waals surface area contributed by atoms with Gasteiger partial charge in [0.2, 0.25) is 11.8 Å². The quantitative estimate of drug-likeness (QED) is 0.123. The number of alkyl carbamates (subject to hydrolysis) is 2. The number of methoxy groups -OCH3 is 2. The molecule has 4 amide bonds. The summed E-state index contributed by atoms with van der Waals surface area (Å²) in [4.78, 5) is 71.4. The number of hydrogen-bond donors (Lipinski definition) is 4. The van der Waals surface area contributed by atoms with Gasteiger partial charge in [0, 0.05) is 12.6 Å². The molecular formula is C43H54N8O6. The third kappa shape index (κ3) is 7.73. The van der Waals surface area contributed by atoms with E-state index in [1.54, 1.807) is 11.8 Å². The van der Waals surface area contributed by atoms with Gasteiger partial charge in [0.15, 0.2) is 0 Å². The Kier molecular flexibility index (Phi) is 11.4. The zero-order chi connectivity index (χ0) is 40.5. The molecule has 0 spiro atoms. The van der Waals surface area contributed by atoms with Crippen molar-refractivity contribution in [3.05, 3.63) is 71.6 Å². The van der Waals surface area contributed by atoms with Gasteiger partial charge in [-0.15, -0.1) is 0 Å². The molecule has 57 heavy (non-hydrogen) atoms. The molecular weight excluding hydrogens is 725 g/mol. The Morgan fingerprint density at radius 1 is 0.860 bits per heavy atom. The number of aromatic nitrogens is 4. The molecule has 1 unspecified atom stereocenters. The second-order valence-electron chi connectivity index (χ2n) is 15.9. The minimum atomic E-state index is -0.722. The molecule has 4 N–H and O–H groups in total. The van der Waals surface area contributed by atoms with Gasteiger partial charge < -0.3 is 39.9 Å². The highest BCUT2D eigenvalue weighted by Gasteiger charge is 2.50. The van der Waals surface area contributed by atoms with Crippen molar-refractivity contribution < 1.29 is 28.7 Å². The fourth-order valence-electron chi connectivity index (χ4n) is 9.00. The molecule has 1 saturated carbocycles. The Morgan fingerprint density at radius 2 is 1.47 bits per heavy atom. The number of nitrogens with zero attached hydrogens (tertiary/aromatic N) is 4. The average molecular weight is 779 g/mol. The Morgan fingerprint density at radius 3 is 2.09 bits per heavy atom. The molecule has 2 aromatic heterocycles. The topological polar surface area (TPSA) is 175 Å². The Bertz CT molecular complexity index is 2140. The number of fused-ring (bicyclic) bond motifs is 5. The lowest BCUT2D eigenvalue weighted by Crippen LogP contribution is -2.52. The number of carbonyl (C=O) groups excluding carboxylic acids is 4. The van der Waals surface area contributed by atoms with Crippen LogP contribution >= 0.6 is 0 Å². The van der Waals surface area contributed by atoms with Crippen LogP contribution in [-0.2, 0) is 31.9 Å². The Labute approximate surface area is 333 Å². The summed E-state index contributed by atoms with van der Waals surface area (Å²) in [7, 11) is 2.58. The van der Waals surface area contributed by atoms with Crippen LogP contribution in [-0.4, -0.2) is 92.6 Å². The number of hydrogen-bond acceptors (Lipinski definition) is 8. The molecule has 7 rings (SSSR count). The minimum absolute atomic E-state index is 0.120. The average Bonchev–Trinajstić information content (AvgIpc) is 4.06. The summed E-state index contributed by atoms with van der Waals surface area (Å²) in [5.41, 5.74) is 8.78. The number of aryl methyl sites for hydroxylation is 2. The third-order valence-corrected chi connectivity index (χ3v) is 12.0. The first kappa shape index (κ1) is 39.6. The van der Waals surface area contributed by atoms with E-state index in [9.17, 15) is 19.2 Å². The number of aromatic amines is 2. The summed E-state index contributed by atoms with van der Waals surface area (Å²) in [6, 6.07) is 11.3. The SMILES string of the molecule is CCCN(C(=O)[C@@H](NC(=O)OC)C(C)C)[C@@H](C)c1ncc(-c2ccc3c(c2)CCc2cc(-c4cnc(C5[C@H]6CC[C@H](C6)N5C(=O)[C@H](C)NC(=O)OC)[nH]4)ccc2-3)[nH]1. The molecule has 4 aromatic rings. The number of nitrogens with one attached hydrogen (secondary N) is 4. The highest BCUT2D eigenvalue weighted by molar-refractivity contribution is 5.87. The number of ether oxygens (including phenoxy) is 2. The van der Waals surface area contributed by atoms with Crippen LogP contribution in [0.2, 0.25) is 0 Å². The van der Waals surface area contributed by atoms with Crippen LogP contribution in [0.1, 0.15) is 95.2 Å². The number of imidazole rings is 2. The molecule has 1 saturated heterocycles. The minimum Gasteiger partial charge on any atom is -0.453 e. The summed E-state index contributed by atoms with van der Waals surface area (Å²) in [6.07, 6.45) is 7.89. The van der Waals surface area contributed by atoms with Crippen LogP contribution in [0.5, 0.6) is 0 Å². The van der Waals surface area contributed by atoms with Crippen LogP contribution in [0.15, 0.2) is 48.8 Å². The number of benzene rings is 2. The van der Waals surface area contributed by atoms with Crippen LogP contribution < -0.4 is 10.6 Å². The molecule has 1 aliphatic heterocycles. The van der Waals surface area contributed by atoms with Gasteiger partial charge in [0.05, 0.1) is 50.1 Å². The predicted molar refractivity (Wildman–Crippen MR) is 215 cm³/mol. The van der Waals surface area contributed by atoms with Gasteiger partial charge >= 0.3 is 12.2 Å². The summed E-state index contributed by atoms with van der Waals surface area (Å²) in [5.74, 6) is 1.36. The van der Waals surface area contributed by atoms with Gasteiger partial charge in [-0.05, 0) is 110 Å². The molecule has 6 atom stereocenters. The van der Waals surface area contributed by atoms with Crippen LogP contribution in [0.4, 0.5) is 9.59 Å². The van der Waals surface area contributed by atoms with E-state index >= 15 is 0 Å². The standard InChI is InChI=1S/C43H54N8O6/c1-8-17-50(41(53)36(23(2)3)49-43(55)57-7)25(5)38-44-21-34(47-38)28-12-15-32-26(18-28)9-10-27-19-29(13-16-33(27)32)35-22-45-39(48-35)37-30-11-14-31(20-30)51(37)40(52)24(4)46-42(54)56-6/h12-13,15-16,18-19,21-25,30-31,36-37H,8-11,14,17,20H2,1-7H3,(H,44,47)(H,45,48)(H,46,54)(H,49,55)/t24-,25-,30-,31+,36-,37?/m0/s1. The molecule has 14 heteroatoms. The van der Waals surface area contributed by atoms with Crippen LogP contribution in [0, 0.1) is 11.8 Å². The lowest BCUT2D eigenvalue weighted by atomic mass is 9.83. The second kappa shape index (κ2) is 16.4. The molecule has 2 bridgehead atoms. The van der Waals surface area contributed by atoms with Crippen molar-refractivity contribution in [2.75, 3.05) is 20.8 Å². The lowest BCUT2D eigenvalue weighted by molar-refractivity contribution is -0.138. The zero-order valence-corrected chi connectivity index (χ0v) is 33.8. The lowest BCUT2D eigenvalue weighted by Gasteiger charge is -2.36. The van der Waals surface area contributed by atoms with Crippen molar-refractivity contribution in [2.24, 2.45) is 11.8 Å². The fraction of sp³-hybridized carbons (Fsp3) is 0.488. The van der Waals surface area contributed by atoms with E-state index in [0.29, 0.717) is 18.3 Å². The number of amides is 4. The molecule has 2 fully saturated rings. The molecule has 2 aromatic carbocycles. The van der Waals surface area contributed by atoms with Crippen LogP contribution in [0.3, 0.4) is 0 Å². The summed E-state index contributed by atoms with van der Waals surface area (Å²) < 4.78 is 9.51. The predicted octanol–water partition coefficient (Wildman–Crippen LogP) is 6.71. The van der Waals surface area contributed by atoms with Crippen molar-refractivity contribution in [3.8, 4) is 33.6 Å². The van der Waals surface area contributed by atoms with E-state index in [4.69, 9.17) is 19.4 Å². The van der Waals surface area contributed by atoms with E-state index in [2.05, 4.69) is 57.0 Å². The number of likely N-dealkylation sites (tertiary alicyclic amines) is 1. The molecule has 3 heterocycles. The fourth-order valence-corrected chi connectivity index (χ4v) is 9.00. The normalized spacial score (nSPS) is 19.6. The van der Waals surface area contributed by atoms with E-state index in [0.717, 1.165) is 66.9 Å². The first-order chi connectivity index (χ1) is 27.4. The van der Waals surface area contributed by atoms with Gasteiger partial charge in [-0.2, -0.15) is 0 Å². The maximum Gasteiger partial charge on any atom is 0.407 e. The first-order valence-corrected chi connectivity index (χ1v) is 20.1. The number of rotatable bonds is 12.